The molecule has 1 aliphatic heterocycles. The van der Waals surface area contributed by atoms with E-state index in [4.69, 9.17) is 4.74 Å². The number of hydrogen-bond acceptors (Lipinski definition) is 6. The zero-order valence-electron chi connectivity index (χ0n) is 20.1. The Morgan fingerprint density at radius 3 is 2.85 bits per heavy atom. The Balaban J connectivity index is 1.27. The Bertz CT molecular complexity index is 1170. The Morgan fingerprint density at radius 1 is 1.21 bits per heavy atom. The van der Waals surface area contributed by atoms with Crippen molar-refractivity contribution in [3.05, 3.63) is 59.7 Å². The SMILES string of the molecule is COc1cncc(-c2cn(C(C)n3ccc(N4CCC[C@@H](NCC5CCC5)C4)cc3=O)cn2)c1. The number of piperidine rings is 1. The predicted octanol–water partition coefficient (Wildman–Crippen LogP) is 3.54. The van der Waals surface area contributed by atoms with Crippen LogP contribution in [0.2, 0.25) is 0 Å². The van der Waals surface area contributed by atoms with Crippen LogP contribution in [0.3, 0.4) is 0 Å². The maximum atomic E-state index is 13.1. The van der Waals surface area contributed by atoms with Crippen LogP contribution in [0.15, 0.2) is 54.1 Å². The van der Waals surface area contributed by atoms with Crippen LogP contribution < -0.4 is 20.5 Å². The van der Waals surface area contributed by atoms with Crippen molar-refractivity contribution < 1.29 is 4.74 Å². The van der Waals surface area contributed by atoms with Crippen LogP contribution in [0.1, 0.15) is 45.2 Å². The van der Waals surface area contributed by atoms with Crippen LogP contribution >= 0.6 is 0 Å². The van der Waals surface area contributed by atoms with Gasteiger partial charge in [0.1, 0.15) is 11.9 Å². The predicted molar refractivity (Wildman–Crippen MR) is 133 cm³/mol. The molecule has 3 aromatic heterocycles. The normalized spacial score (nSPS) is 19.6. The fourth-order valence-electron chi connectivity index (χ4n) is 4.90. The maximum Gasteiger partial charge on any atom is 0.254 e. The molecule has 0 aromatic carbocycles. The van der Waals surface area contributed by atoms with Crippen LogP contribution in [-0.2, 0) is 0 Å². The van der Waals surface area contributed by atoms with Gasteiger partial charge in [0.05, 0.1) is 25.3 Å². The fourth-order valence-corrected chi connectivity index (χ4v) is 4.90. The van der Waals surface area contributed by atoms with E-state index in [0.29, 0.717) is 11.8 Å². The minimum Gasteiger partial charge on any atom is -0.495 e. The van der Waals surface area contributed by atoms with Crippen molar-refractivity contribution in [2.24, 2.45) is 5.92 Å². The van der Waals surface area contributed by atoms with Crippen LogP contribution in [0, 0.1) is 5.92 Å². The quantitative estimate of drug-likeness (QED) is 0.552. The van der Waals surface area contributed by atoms with Crippen molar-refractivity contribution in [2.45, 2.75) is 51.2 Å². The van der Waals surface area contributed by atoms with Gasteiger partial charge in [-0.05, 0) is 57.2 Å². The maximum absolute atomic E-state index is 13.1. The van der Waals surface area contributed by atoms with Crippen molar-refractivity contribution in [1.29, 1.82) is 0 Å². The minimum atomic E-state index is -0.195. The number of methoxy groups -OCH3 is 1. The lowest BCUT2D eigenvalue weighted by Gasteiger charge is -2.36. The second kappa shape index (κ2) is 10.0. The second-order valence-electron chi connectivity index (χ2n) is 9.57. The van der Waals surface area contributed by atoms with Gasteiger partial charge in [-0.1, -0.05) is 6.42 Å². The smallest absolute Gasteiger partial charge is 0.254 e. The van der Waals surface area contributed by atoms with Gasteiger partial charge in [-0.15, -0.1) is 0 Å². The molecule has 4 heterocycles. The molecule has 1 unspecified atom stereocenters. The molecule has 2 fully saturated rings. The largest absolute Gasteiger partial charge is 0.495 e. The zero-order valence-corrected chi connectivity index (χ0v) is 20.1. The summed E-state index contributed by atoms with van der Waals surface area (Å²) in [7, 11) is 1.62. The van der Waals surface area contributed by atoms with E-state index in [-0.39, 0.29) is 11.7 Å². The van der Waals surface area contributed by atoms with Crippen molar-refractivity contribution in [2.75, 3.05) is 31.6 Å². The molecule has 34 heavy (non-hydrogen) atoms. The number of ether oxygens (including phenoxy) is 1. The molecule has 0 bridgehead atoms. The summed E-state index contributed by atoms with van der Waals surface area (Å²) >= 11 is 0. The molecule has 8 heteroatoms. The van der Waals surface area contributed by atoms with Gasteiger partial charge in [-0.25, -0.2) is 4.98 Å². The molecule has 1 saturated carbocycles. The van der Waals surface area contributed by atoms with Crippen molar-refractivity contribution in [1.82, 2.24) is 24.4 Å². The fraction of sp³-hybridized carbons (Fsp3) is 0.500. The Morgan fingerprint density at radius 2 is 2.09 bits per heavy atom. The standard InChI is InChI=1S/C26H34N6O2/c1-19(31-17-25(29-18-31)21-11-24(34-2)15-27-14-21)32-10-8-23(12-26(32)33)30-9-4-7-22(16-30)28-13-20-5-3-6-20/h8,10-12,14-15,17-20,22,28H,3-7,9,13,16H2,1-2H3/t19?,22-/m1/s1. The van der Waals surface area contributed by atoms with E-state index in [9.17, 15) is 4.79 Å². The average molecular weight is 463 g/mol. The number of imidazole rings is 1. The summed E-state index contributed by atoms with van der Waals surface area (Å²) in [5.74, 6) is 1.55. The molecule has 1 N–H and O–H groups in total. The van der Waals surface area contributed by atoms with Crippen molar-refractivity contribution >= 4 is 5.69 Å². The molecule has 1 saturated heterocycles. The number of nitrogens with zero attached hydrogens (tertiary/aromatic N) is 5. The summed E-state index contributed by atoms with van der Waals surface area (Å²) < 4.78 is 8.95. The van der Waals surface area contributed by atoms with Gasteiger partial charge in [-0.3, -0.25) is 14.3 Å². The summed E-state index contributed by atoms with van der Waals surface area (Å²) in [6, 6.07) is 6.24. The summed E-state index contributed by atoms with van der Waals surface area (Å²) in [6.07, 6.45) is 15.3. The molecule has 2 aliphatic rings. The van der Waals surface area contributed by atoms with E-state index in [1.807, 2.05) is 30.0 Å². The summed E-state index contributed by atoms with van der Waals surface area (Å²) in [6.45, 7) is 5.10. The Kier molecular flexibility index (Phi) is 6.67. The topological polar surface area (TPSA) is 77.2 Å². The molecule has 1 aliphatic carbocycles. The van der Waals surface area contributed by atoms with Crippen LogP contribution in [0.25, 0.3) is 11.3 Å². The Hall–Kier alpha value is -3.13. The minimum absolute atomic E-state index is 0.00662. The number of hydrogen-bond donors (Lipinski definition) is 1. The van der Waals surface area contributed by atoms with Gasteiger partial charge in [0.2, 0.25) is 0 Å². The van der Waals surface area contributed by atoms with Crippen LogP contribution in [-0.4, -0.2) is 51.9 Å². The van der Waals surface area contributed by atoms with E-state index >= 15 is 0 Å². The summed E-state index contributed by atoms with van der Waals surface area (Å²) in [5, 5.41) is 3.76. The molecule has 3 aromatic rings. The number of nitrogens with one attached hydrogen (secondary N) is 1. The zero-order chi connectivity index (χ0) is 23.5. The first-order valence-electron chi connectivity index (χ1n) is 12.3. The van der Waals surface area contributed by atoms with E-state index in [0.717, 1.165) is 48.9 Å². The molecule has 0 radical (unpaired) electrons. The summed E-state index contributed by atoms with van der Waals surface area (Å²) in [4.78, 5) is 24.1. The third kappa shape index (κ3) is 4.87. The van der Waals surface area contributed by atoms with E-state index in [1.54, 1.807) is 36.5 Å². The first kappa shape index (κ1) is 22.7. The highest BCUT2D eigenvalue weighted by atomic mass is 16.5. The molecule has 8 nitrogen and oxygen atoms in total. The van der Waals surface area contributed by atoms with Crippen LogP contribution in [0.5, 0.6) is 5.75 Å². The highest BCUT2D eigenvalue weighted by Crippen LogP contribution is 2.26. The molecule has 5 rings (SSSR count). The van der Waals surface area contributed by atoms with Gasteiger partial charge in [-0.2, -0.15) is 0 Å². The number of aromatic nitrogens is 4. The van der Waals surface area contributed by atoms with Gasteiger partial charge < -0.3 is 19.5 Å². The molecule has 0 amide bonds. The van der Waals surface area contributed by atoms with E-state index < -0.39 is 0 Å². The molecular formula is C26H34N6O2. The van der Waals surface area contributed by atoms with E-state index in [1.165, 1.54) is 25.7 Å². The first-order chi connectivity index (χ1) is 16.6. The van der Waals surface area contributed by atoms with Gasteiger partial charge >= 0.3 is 0 Å². The third-order valence-corrected chi connectivity index (χ3v) is 7.32. The van der Waals surface area contributed by atoms with Crippen LogP contribution in [0.4, 0.5) is 5.69 Å². The molecule has 0 spiro atoms. The molecule has 2 atom stereocenters. The lowest BCUT2D eigenvalue weighted by molar-refractivity contribution is 0.280. The average Bonchev–Trinajstić information content (AvgIpc) is 3.33. The van der Waals surface area contributed by atoms with Gasteiger partial charge in [0, 0.05) is 55.0 Å². The number of rotatable bonds is 8. The van der Waals surface area contributed by atoms with Crippen molar-refractivity contribution in [3.63, 3.8) is 0 Å². The second-order valence-corrected chi connectivity index (χ2v) is 9.57. The third-order valence-electron chi connectivity index (χ3n) is 7.32. The monoisotopic (exact) mass is 462 g/mol. The van der Waals surface area contributed by atoms with Gasteiger partial charge in [0.15, 0.2) is 0 Å². The summed E-state index contributed by atoms with van der Waals surface area (Å²) in [5.41, 5.74) is 2.67. The number of anilines is 1. The number of pyridine rings is 2. The molecule has 180 valence electrons. The van der Waals surface area contributed by atoms with Crippen molar-refractivity contribution in [3.8, 4) is 17.0 Å². The lowest BCUT2D eigenvalue weighted by Crippen LogP contribution is -2.47. The molecular weight excluding hydrogens is 428 g/mol. The Labute approximate surface area is 200 Å². The van der Waals surface area contributed by atoms with E-state index in [2.05, 4.69) is 26.3 Å². The highest BCUT2D eigenvalue weighted by molar-refractivity contribution is 5.58. The highest BCUT2D eigenvalue weighted by Gasteiger charge is 2.23. The lowest BCUT2D eigenvalue weighted by atomic mass is 9.85. The van der Waals surface area contributed by atoms with Gasteiger partial charge in [0.25, 0.3) is 5.56 Å². The first-order valence-corrected chi connectivity index (χ1v) is 12.3.